The number of nitrogen functional groups attached to an aromatic ring is 1. The van der Waals surface area contributed by atoms with Crippen LogP contribution in [0, 0.1) is 23.2 Å². The molecule has 9 heteroatoms. The zero-order valence-corrected chi connectivity index (χ0v) is 17.2. The number of rotatable bonds is 5. The molecule has 1 aliphatic carbocycles. The molecule has 1 saturated heterocycles. The molecule has 0 radical (unpaired) electrons. The van der Waals surface area contributed by atoms with E-state index >= 15 is 0 Å². The fraction of sp³-hybridized carbons (Fsp3) is 0.571. The number of anilines is 1. The Morgan fingerprint density at radius 3 is 2.47 bits per heavy atom. The minimum absolute atomic E-state index is 0.0903. The summed E-state index contributed by atoms with van der Waals surface area (Å²) in [6.07, 6.45) is -2.70. The first-order valence-electron chi connectivity index (χ1n) is 10.1. The van der Waals surface area contributed by atoms with Gasteiger partial charge in [-0.3, -0.25) is 9.58 Å². The Morgan fingerprint density at radius 1 is 1.23 bits per heavy atom. The van der Waals surface area contributed by atoms with Crippen LogP contribution in [0.1, 0.15) is 50.4 Å². The fourth-order valence-electron chi connectivity index (χ4n) is 4.67. The average Bonchev–Trinajstić information content (AvgIpc) is 3.03. The van der Waals surface area contributed by atoms with Gasteiger partial charge in [0.15, 0.2) is 0 Å². The van der Waals surface area contributed by atoms with Crippen LogP contribution in [0.15, 0.2) is 18.3 Å². The summed E-state index contributed by atoms with van der Waals surface area (Å²) in [5, 5.41) is 13.5. The van der Waals surface area contributed by atoms with E-state index in [0.29, 0.717) is 35.4 Å². The monoisotopic (exact) mass is 418 g/mol. The second kappa shape index (κ2) is 7.27. The number of hydrogen-bond donors (Lipinski definition) is 1. The predicted molar refractivity (Wildman–Crippen MR) is 106 cm³/mol. The summed E-state index contributed by atoms with van der Waals surface area (Å²) >= 11 is 0. The Bertz CT molecular complexity index is 978. The van der Waals surface area contributed by atoms with Gasteiger partial charge in [-0.25, -0.2) is 4.98 Å². The molecule has 4 rings (SSSR count). The largest absolute Gasteiger partial charge is 0.419 e. The van der Waals surface area contributed by atoms with Gasteiger partial charge in [-0.05, 0) is 44.7 Å². The van der Waals surface area contributed by atoms with Gasteiger partial charge < -0.3 is 5.73 Å². The molecule has 0 spiro atoms. The topological polar surface area (TPSA) is 83.8 Å². The summed E-state index contributed by atoms with van der Waals surface area (Å²) < 4.78 is 41.6. The Balaban J connectivity index is 1.61. The molecule has 2 fully saturated rings. The minimum atomic E-state index is -4.56. The van der Waals surface area contributed by atoms with Gasteiger partial charge in [0.05, 0.1) is 23.7 Å². The van der Waals surface area contributed by atoms with Crippen LogP contribution in [-0.2, 0) is 6.18 Å². The molecule has 160 valence electrons. The number of hydrogen-bond acceptors (Lipinski definition) is 5. The van der Waals surface area contributed by atoms with Gasteiger partial charge in [-0.15, -0.1) is 0 Å². The molecule has 1 saturated carbocycles. The molecular weight excluding hydrogens is 393 g/mol. The number of halogens is 3. The van der Waals surface area contributed by atoms with Crippen LogP contribution in [0.2, 0.25) is 0 Å². The molecule has 2 aromatic rings. The third-order valence-electron chi connectivity index (χ3n) is 6.35. The van der Waals surface area contributed by atoms with Crippen molar-refractivity contribution in [3.63, 3.8) is 0 Å². The first-order chi connectivity index (χ1) is 14.1. The molecule has 0 aromatic carbocycles. The van der Waals surface area contributed by atoms with Crippen LogP contribution in [-0.4, -0.2) is 38.8 Å². The fourth-order valence-corrected chi connectivity index (χ4v) is 4.67. The molecule has 30 heavy (non-hydrogen) atoms. The maximum atomic E-state index is 13.2. The van der Waals surface area contributed by atoms with E-state index in [4.69, 9.17) is 11.0 Å². The minimum Gasteiger partial charge on any atom is -0.383 e. The third-order valence-corrected chi connectivity index (χ3v) is 6.35. The number of piperidine rings is 1. The zero-order valence-electron chi connectivity index (χ0n) is 17.2. The third kappa shape index (κ3) is 3.54. The Labute approximate surface area is 173 Å². The highest BCUT2D eigenvalue weighted by Crippen LogP contribution is 2.59. The van der Waals surface area contributed by atoms with Crippen molar-refractivity contribution in [2.45, 2.75) is 51.4 Å². The van der Waals surface area contributed by atoms with Gasteiger partial charge in [-0.2, -0.15) is 23.5 Å². The van der Waals surface area contributed by atoms with Gasteiger partial charge in [0.1, 0.15) is 5.82 Å². The lowest BCUT2D eigenvalue weighted by Crippen LogP contribution is -2.33. The van der Waals surface area contributed by atoms with Crippen LogP contribution in [0.3, 0.4) is 0 Å². The van der Waals surface area contributed by atoms with Crippen LogP contribution in [0.5, 0.6) is 0 Å². The number of aromatic nitrogens is 3. The van der Waals surface area contributed by atoms with Crippen molar-refractivity contribution >= 4 is 5.82 Å². The summed E-state index contributed by atoms with van der Waals surface area (Å²) in [5.41, 5.74) is 6.35. The van der Waals surface area contributed by atoms with Crippen molar-refractivity contribution < 1.29 is 13.2 Å². The second-order valence-corrected chi connectivity index (χ2v) is 8.67. The van der Waals surface area contributed by atoms with Crippen molar-refractivity contribution in [1.29, 1.82) is 5.26 Å². The summed E-state index contributed by atoms with van der Waals surface area (Å²) in [6, 6.07) is 5.50. The first-order valence-corrected chi connectivity index (χ1v) is 10.1. The van der Waals surface area contributed by atoms with Crippen molar-refractivity contribution in [2.75, 3.05) is 18.8 Å². The number of alkyl halides is 3. The van der Waals surface area contributed by atoms with Gasteiger partial charge >= 0.3 is 6.18 Å². The Morgan fingerprint density at radius 2 is 1.90 bits per heavy atom. The molecular formula is C21H25F3N6. The van der Waals surface area contributed by atoms with Gasteiger partial charge in [0.2, 0.25) is 0 Å². The molecule has 6 nitrogen and oxygen atoms in total. The molecule has 1 aliphatic heterocycles. The Kier molecular flexibility index (Phi) is 5.01. The molecule has 3 heterocycles. The molecule has 2 N–H and O–H groups in total. The number of pyridine rings is 1. The van der Waals surface area contributed by atoms with E-state index in [0.717, 1.165) is 24.8 Å². The standard InChI is InChI=1S/C21H25F3N6/c1-11(2)30-18(19-14-9-29(10-15(14)19)12(3)4-5-25)7-17(28-30)13-6-16(21(22,23)24)20(26)27-8-13/h6-8,11-12,14-15,19H,4,9-10H2,1-3H3,(H2,26,27)/t12?,14-,15+,19-. The van der Waals surface area contributed by atoms with Gasteiger partial charge in [0.25, 0.3) is 0 Å². The van der Waals surface area contributed by atoms with Crippen molar-refractivity contribution in [3.05, 3.63) is 29.6 Å². The highest BCUT2D eigenvalue weighted by Gasteiger charge is 2.58. The van der Waals surface area contributed by atoms with Crippen LogP contribution in [0.25, 0.3) is 11.3 Å². The number of fused-ring (bicyclic) bond motifs is 1. The predicted octanol–water partition coefficient (Wildman–Crippen LogP) is 4.07. The molecule has 2 aliphatic rings. The maximum absolute atomic E-state index is 13.2. The van der Waals surface area contributed by atoms with Crippen LogP contribution < -0.4 is 5.73 Å². The highest BCUT2D eigenvalue weighted by molar-refractivity contribution is 5.63. The molecule has 1 unspecified atom stereocenters. The second-order valence-electron chi connectivity index (χ2n) is 8.67. The van der Waals surface area contributed by atoms with Gasteiger partial charge in [0, 0.05) is 48.5 Å². The number of likely N-dealkylation sites (tertiary alicyclic amines) is 1. The lowest BCUT2D eigenvalue weighted by molar-refractivity contribution is -0.137. The molecule has 0 amide bonds. The van der Waals surface area contributed by atoms with Crippen molar-refractivity contribution in [2.24, 2.45) is 11.8 Å². The highest BCUT2D eigenvalue weighted by atomic mass is 19.4. The van der Waals surface area contributed by atoms with Crippen LogP contribution in [0.4, 0.5) is 19.0 Å². The molecule has 4 atom stereocenters. The van der Waals surface area contributed by atoms with E-state index in [1.165, 1.54) is 6.20 Å². The SMILES string of the molecule is CC(CC#N)N1C[C@@H]2[C@H](C1)[C@@H]2c1cc(-c2cnc(N)c(C(F)(F)F)c2)nn1C(C)C. The van der Waals surface area contributed by atoms with E-state index < -0.39 is 17.6 Å². The molecule has 2 aromatic heterocycles. The number of nitrogens with zero attached hydrogens (tertiary/aromatic N) is 5. The maximum Gasteiger partial charge on any atom is 0.419 e. The quantitative estimate of drug-likeness (QED) is 0.791. The van der Waals surface area contributed by atoms with E-state index in [1.54, 1.807) is 0 Å². The lowest BCUT2D eigenvalue weighted by atomic mass is 10.1. The Hall–Kier alpha value is -2.60. The van der Waals surface area contributed by atoms with E-state index in [2.05, 4.69) is 28.0 Å². The average molecular weight is 418 g/mol. The van der Waals surface area contributed by atoms with E-state index in [-0.39, 0.29) is 12.1 Å². The number of nitrogens with two attached hydrogens (primary N) is 1. The normalized spacial score (nSPS) is 24.7. The lowest BCUT2D eigenvalue weighted by Gasteiger charge is -2.25. The van der Waals surface area contributed by atoms with Crippen molar-refractivity contribution in [3.8, 4) is 17.3 Å². The van der Waals surface area contributed by atoms with Gasteiger partial charge in [-0.1, -0.05) is 0 Å². The molecule has 0 bridgehead atoms. The summed E-state index contributed by atoms with van der Waals surface area (Å²) in [5.74, 6) is 0.827. The smallest absolute Gasteiger partial charge is 0.383 e. The van der Waals surface area contributed by atoms with Crippen molar-refractivity contribution in [1.82, 2.24) is 19.7 Å². The van der Waals surface area contributed by atoms with Crippen LogP contribution >= 0.6 is 0 Å². The van der Waals surface area contributed by atoms with E-state index in [1.807, 2.05) is 24.6 Å². The first kappa shape index (κ1) is 20.7. The zero-order chi connectivity index (χ0) is 21.8. The summed E-state index contributed by atoms with van der Waals surface area (Å²) in [7, 11) is 0. The van der Waals surface area contributed by atoms with E-state index in [9.17, 15) is 13.2 Å². The summed E-state index contributed by atoms with van der Waals surface area (Å²) in [4.78, 5) is 6.10. The number of nitriles is 1. The summed E-state index contributed by atoms with van der Waals surface area (Å²) in [6.45, 7) is 7.99.